The fourth-order valence-corrected chi connectivity index (χ4v) is 4.45. The monoisotopic (exact) mass is 334 g/mol. The zero-order valence-electron chi connectivity index (χ0n) is 12.5. The van der Waals surface area contributed by atoms with Gasteiger partial charge in [-0.1, -0.05) is 6.42 Å². The lowest BCUT2D eigenvalue weighted by molar-refractivity contribution is -0.556. The van der Waals surface area contributed by atoms with Crippen LogP contribution in [0.15, 0.2) is 11.3 Å². The Morgan fingerprint density at radius 3 is 2.70 bits per heavy atom. The van der Waals surface area contributed by atoms with Gasteiger partial charge in [0.1, 0.15) is 6.29 Å². The quantitative estimate of drug-likeness (QED) is 0.545. The predicted molar refractivity (Wildman–Crippen MR) is 68.5 cm³/mol. The highest BCUT2D eigenvalue weighted by Gasteiger charge is 2.69. The molecule has 128 valence electrons. The summed E-state index contributed by atoms with van der Waals surface area (Å²) in [6.45, 7) is 1.63. The highest BCUT2D eigenvalue weighted by molar-refractivity contribution is 5.76. The number of fused-ring (bicyclic) bond motifs is 2. The third kappa shape index (κ3) is 2.01. The molecule has 3 saturated heterocycles. The Morgan fingerprint density at radius 2 is 2.00 bits per heavy atom. The van der Waals surface area contributed by atoms with E-state index in [0.29, 0.717) is 19.3 Å². The van der Waals surface area contributed by atoms with Crippen LogP contribution in [0, 0.1) is 11.8 Å². The fourth-order valence-electron chi connectivity index (χ4n) is 4.45. The van der Waals surface area contributed by atoms with E-state index < -0.39 is 41.1 Å². The van der Waals surface area contributed by atoms with Crippen LogP contribution < -0.4 is 0 Å². The van der Waals surface area contributed by atoms with Gasteiger partial charge < -0.3 is 9.47 Å². The number of ether oxygens (including phenoxy) is 2. The van der Waals surface area contributed by atoms with Gasteiger partial charge in [0, 0.05) is 17.9 Å². The van der Waals surface area contributed by atoms with E-state index in [9.17, 15) is 18.0 Å². The summed E-state index contributed by atoms with van der Waals surface area (Å²) in [4.78, 5) is 22.5. The third-order valence-electron chi connectivity index (χ3n) is 5.51. The van der Waals surface area contributed by atoms with Gasteiger partial charge in [-0.15, -0.1) is 0 Å². The number of allylic oxidation sites excluding steroid dienone is 1. The molecule has 0 aromatic heterocycles. The molecule has 5 rings (SSSR count). The molecule has 2 bridgehead atoms. The number of hydrogen-bond donors (Lipinski definition) is 0. The number of alkyl halides is 3. The molecule has 0 radical (unpaired) electrons. The molecule has 0 aromatic rings. The number of carbonyl (C=O) groups is 1. The lowest BCUT2D eigenvalue weighted by atomic mass is 9.63. The van der Waals surface area contributed by atoms with Gasteiger partial charge in [-0.05, 0) is 32.1 Å². The molecule has 5 nitrogen and oxygen atoms in total. The van der Waals surface area contributed by atoms with E-state index >= 15 is 0 Å². The Kier molecular flexibility index (Phi) is 3.15. The molecule has 5 atom stereocenters. The molecule has 0 amide bonds. The summed E-state index contributed by atoms with van der Waals surface area (Å²) < 4.78 is 50.9. The van der Waals surface area contributed by atoms with Gasteiger partial charge >= 0.3 is 6.18 Å². The first kappa shape index (κ1) is 15.4. The smallest absolute Gasteiger partial charge is 0.449 e. The Hall–Kier alpha value is -1.12. The molecule has 23 heavy (non-hydrogen) atoms. The van der Waals surface area contributed by atoms with Crippen molar-refractivity contribution in [2.24, 2.45) is 11.8 Å². The Morgan fingerprint density at radius 1 is 1.22 bits per heavy atom. The first-order valence-electron chi connectivity index (χ1n) is 7.78. The molecule has 3 unspecified atom stereocenters. The third-order valence-corrected chi connectivity index (χ3v) is 5.51. The molecule has 5 aliphatic rings. The first-order valence-corrected chi connectivity index (χ1v) is 7.78. The molecular formula is C15H17F3O5. The first-order chi connectivity index (χ1) is 10.8. The number of carbonyl (C=O) groups excluding carboxylic acids is 1. The van der Waals surface area contributed by atoms with Crippen LogP contribution in [-0.4, -0.2) is 30.1 Å². The molecule has 4 fully saturated rings. The van der Waals surface area contributed by atoms with Crippen molar-refractivity contribution in [1.82, 2.24) is 0 Å². The summed E-state index contributed by atoms with van der Waals surface area (Å²) in [6, 6.07) is 0. The zero-order chi connectivity index (χ0) is 16.5. The Labute approximate surface area is 130 Å². The van der Waals surface area contributed by atoms with Crippen molar-refractivity contribution in [2.75, 3.05) is 0 Å². The minimum atomic E-state index is -4.75. The van der Waals surface area contributed by atoms with Crippen molar-refractivity contribution in [2.45, 2.75) is 62.9 Å². The van der Waals surface area contributed by atoms with Gasteiger partial charge in [-0.3, -0.25) is 4.79 Å². The van der Waals surface area contributed by atoms with E-state index in [0.717, 1.165) is 12.8 Å². The van der Waals surface area contributed by atoms with Crippen LogP contribution in [-0.2, 0) is 24.0 Å². The predicted octanol–water partition coefficient (Wildman–Crippen LogP) is 3.00. The van der Waals surface area contributed by atoms with Crippen LogP contribution in [0.1, 0.15) is 39.0 Å². The van der Waals surface area contributed by atoms with Crippen LogP contribution in [0.25, 0.3) is 0 Å². The molecule has 4 heterocycles. The number of hydrogen-bond acceptors (Lipinski definition) is 5. The number of rotatable bonds is 1. The van der Waals surface area contributed by atoms with Crippen molar-refractivity contribution in [3.05, 3.63) is 11.3 Å². The van der Waals surface area contributed by atoms with Crippen molar-refractivity contribution in [3.8, 4) is 0 Å². The standard InChI is InChI=1S/C15H17F3O5/c1-13-6-5-8-3-2-4-10-9(7-19)11(15(16,17)18)20-12(21-13)14(8,10)23-22-13/h7-8,10,12H,2-6H2,1H3/t8?,10-,12+,13?,14?/m0/s1. The van der Waals surface area contributed by atoms with Crippen molar-refractivity contribution in [1.29, 1.82) is 0 Å². The SMILES string of the molecule is CC12CCC3CCC[C@H]4C(C=O)=C(C(F)(F)F)O[C@H](O1)C34OO2. The van der Waals surface area contributed by atoms with E-state index in [1.807, 2.05) is 0 Å². The molecule has 1 saturated carbocycles. The average Bonchev–Trinajstić information content (AvgIpc) is 2.71. The van der Waals surface area contributed by atoms with Crippen molar-refractivity contribution >= 4 is 6.29 Å². The molecule has 1 spiro atoms. The highest BCUT2D eigenvalue weighted by atomic mass is 19.4. The van der Waals surface area contributed by atoms with Gasteiger partial charge in [0.2, 0.25) is 17.8 Å². The van der Waals surface area contributed by atoms with Crippen molar-refractivity contribution < 1.29 is 37.2 Å². The number of halogens is 3. The van der Waals surface area contributed by atoms with Gasteiger partial charge in [0.15, 0.2) is 5.60 Å². The van der Waals surface area contributed by atoms with Gasteiger partial charge in [0.05, 0.1) is 0 Å². The van der Waals surface area contributed by atoms with Crippen LogP contribution in [0.2, 0.25) is 0 Å². The molecule has 0 N–H and O–H groups in total. The lowest BCUT2D eigenvalue weighted by Gasteiger charge is -2.55. The minimum absolute atomic E-state index is 0.0692. The minimum Gasteiger partial charge on any atom is -0.456 e. The molecule has 8 heteroatoms. The van der Waals surface area contributed by atoms with Gasteiger partial charge in [0.25, 0.3) is 0 Å². The highest BCUT2D eigenvalue weighted by Crippen LogP contribution is 2.59. The number of aldehydes is 1. The maximum atomic E-state index is 13.3. The zero-order valence-corrected chi connectivity index (χ0v) is 12.5. The second kappa shape index (κ2) is 4.70. The van der Waals surface area contributed by atoms with E-state index in [2.05, 4.69) is 0 Å². The topological polar surface area (TPSA) is 54.0 Å². The largest absolute Gasteiger partial charge is 0.456 e. The molecule has 0 aromatic carbocycles. The van der Waals surface area contributed by atoms with Crippen molar-refractivity contribution in [3.63, 3.8) is 0 Å². The van der Waals surface area contributed by atoms with Gasteiger partial charge in [-0.2, -0.15) is 13.2 Å². The molecule has 4 aliphatic heterocycles. The van der Waals surface area contributed by atoms with E-state index in [4.69, 9.17) is 19.2 Å². The van der Waals surface area contributed by atoms with Crippen LogP contribution in [0.5, 0.6) is 0 Å². The van der Waals surface area contributed by atoms with E-state index in [-0.39, 0.29) is 12.2 Å². The Bertz CT molecular complexity index is 574. The van der Waals surface area contributed by atoms with E-state index in [1.165, 1.54) is 0 Å². The summed E-state index contributed by atoms with van der Waals surface area (Å²) >= 11 is 0. The van der Waals surface area contributed by atoms with Crippen LogP contribution >= 0.6 is 0 Å². The second-order valence-corrected chi connectivity index (χ2v) is 6.84. The maximum Gasteiger partial charge on any atom is 0.449 e. The lowest BCUT2D eigenvalue weighted by Crippen LogP contribution is -2.66. The molecular weight excluding hydrogens is 317 g/mol. The van der Waals surface area contributed by atoms with Gasteiger partial charge in [-0.25, -0.2) is 9.78 Å². The summed E-state index contributed by atoms with van der Waals surface area (Å²) in [5.74, 6) is -3.20. The normalized spacial score (nSPS) is 46.0. The average molecular weight is 334 g/mol. The van der Waals surface area contributed by atoms with E-state index in [1.54, 1.807) is 6.92 Å². The fraction of sp³-hybridized carbons (Fsp3) is 0.800. The molecule has 1 aliphatic carbocycles. The summed E-state index contributed by atoms with van der Waals surface area (Å²) in [5.41, 5.74) is -1.57. The van der Waals surface area contributed by atoms with Crippen LogP contribution in [0.4, 0.5) is 13.2 Å². The maximum absolute atomic E-state index is 13.3. The summed E-state index contributed by atoms with van der Waals surface area (Å²) in [7, 11) is 0. The summed E-state index contributed by atoms with van der Waals surface area (Å²) in [5, 5.41) is 0. The van der Waals surface area contributed by atoms with Crippen LogP contribution in [0.3, 0.4) is 0 Å². The summed E-state index contributed by atoms with van der Waals surface area (Å²) in [6.07, 6.45) is -2.61. The second-order valence-electron chi connectivity index (χ2n) is 6.84. The Balaban J connectivity index is 1.88.